The van der Waals surface area contributed by atoms with E-state index in [2.05, 4.69) is 4.90 Å². The third-order valence-corrected chi connectivity index (χ3v) is 6.74. The number of amides is 2. The van der Waals surface area contributed by atoms with Crippen LogP contribution >= 0.6 is 23.2 Å². The van der Waals surface area contributed by atoms with Crippen LogP contribution in [-0.4, -0.2) is 79.0 Å². The van der Waals surface area contributed by atoms with Gasteiger partial charge in [0.2, 0.25) is 5.91 Å². The number of halogens is 2. The molecule has 0 bridgehead atoms. The van der Waals surface area contributed by atoms with E-state index in [1.54, 1.807) is 40.3 Å². The summed E-state index contributed by atoms with van der Waals surface area (Å²) in [5.74, 6) is 0.247. The van der Waals surface area contributed by atoms with Crippen LogP contribution in [0.1, 0.15) is 21.7 Å². The highest BCUT2D eigenvalue weighted by Crippen LogP contribution is 2.20. The van der Waals surface area contributed by atoms with Gasteiger partial charge in [0.1, 0.15) is 12.3 Å². The van der Waals surface area contributed by atoms with Crippen molar-refractivity contribution < 1.29 is 18.7 Å². The second-order valence-corrected chi connectivity index (χ2v) is 9.84. The van der Waals surface area contributed by atoms with Crippen LogP contribution in [0.2, 0.25) is 10.0 Å². The lowest BCUT2D eigenvalue weighted by atomic mass is 10.1. The molecule has 0 spiro atoms. The summed E-state index contributed by atoms with van der Waals surface area (Å²) in [6.07, 6.45) is 2.29. The molecule has 0 atom stereocenters. The SMILES string of the molecule is O=C(CN(CCN1CCOCC1)C(=O)c1cc(Cl)cc(Cl)c1)N(CCc1ccccc1)Cc1ccco1. The van der Waals surface area contributed by atoms with Crippen molar-refractivity contribution in [1.29, 1.82) is 0 Å². The molecule has 2 heterocycles. The Morgan fingerprint density at radius 1 is 0.892 bits per heavy atom. The smallest absolute Gasteiger partial charge is 0.254 e. The predicted octanol–water partition coefficient (Wildman–Crippen LogP) is 4.63. The minimum Gasteiger partial charge on any atom is -0.467 e. The maximum absolute atomic E-state index is 13.6. The number of carbonyl (C=O) groups is 2. The van der Waals surface area contributed by atoms with Gasteiger partial charge in [-0.1, -0.05) is 53.5 Å². The summed E-state index contributed by atoms with van der Waals surface area (Å²) >= 11 is 12.3. The zero-order valence-electron chi connectivity index (χ0n) is 20.7. The van der Waals surface area contributed by atoms with Crippen molar-refractivity contribution in [3.05, 3.63) is 93.9 Å². The second-order valence-electron chi connectivity index (χ2n) is 8.97. The number of ether oxygens (including phenoxy) is 1. The maximum Gasteiger partial charge on any atom is 0.254 e. The quantitative estimate of drug-likeness (QED) is 0.352. The summed E-state index contributed by atoms with van der Waals surface area (Å²) in [7, 11) is 0. The van der Waals surface area contributed by atoms with Gasteiger partial charge in [-0.05, 0) is 42.3 Å². The van der Waals surface area contributed by atoms with Crippen LogP contribution in [0.15, 0.2) is 71.3 Å². The molecule has 1 saturated heterocycles. The monoisotopic (exact) mass is 543 g/mol. The number of morpholine rings is 1. The van der Waals surface area contributed by atoms with Crippen LogP contribution in [0.5, 0.6) is 0 Å². The Morgan fingerprint density at radius 2 is 1.62 bits per heavy atom. The van der Waals surface area contributed by atoms with Gasteiger partial charge in [-0.15, -0.1) is 0 Å². The van der Waals surface area contributed by atoms with Crippen molar-refractivity contribution >= 4 is 35.0 Å². The molecule has 196 valence electrons. The zero-order valence-corrected chi connectivity index (χ0v) is 22.2. The van der Waals surface area contributed by atoms with Crippen LogP contribution in [0.3, 0.4) is 0 Å². The molecule has 3 aromatic rings. The maximum atomic E-state index is 13.6. The molecule has 7 nitrogen and oxygen atoms in total. The third kappa shape index (κ3) is 8.33. The largest absolute Gasteiger partial charge is 0.467 e. The van der Waals surface area contributed by atoms with Crippen LogP contribution in [0.25, 0.3) is 0 Å². The van der Waals surface area contributed by atoms with E-state index in [0.717, 1.165) is 18.7 Å². The van der Waals surface area contributed by atoms with E-state index in [4.69, 9.17) is 32.4 Å². The number of hydrogen-bond acceptors (Lipinski definition) is 5. The molecule has 0 aliphatic carbocycles. The van der Waals surface area contributed by atoms with E-state index in [1.807, 2.05) is 36.4 Å². The first-order chi connectivity index (χ1) is 18.0. The Labute approximate surface area is 227 Å². The van der Waals surface area contributed by atoms with Crippen LogP contribution in [0.4, 0.5) is 0 Å². The normalized spacial score (nSPS) is 13.9. The van der Waals surface area contributed by atoms with Crippen molar-refractivity contribution in [1.82, 2.24) is 14.7 Å². The first kappa shape index (κ1) is 27.2. The van der Waals surface area contributed by atoms with Gasteiger partial charge >= 0.3 is 0 Å². The van der Waals surface area contributed by atoms with Crippen molar-refractivity contribution in [3.63, 3.8) is 0 Å². The van der Waals surface area contributed by atoms with Gasteiger partial charge in [-0.3, -0.25) is 14.5 Å². The minimum absolute atomic E-state index is 0.0667. The molecule has 1 aliphatic heterocycles. The summed E-state index contributed by atoms with van der Waals surface area (Å²) in [6.45, 7) is 4.69. The van der Waals surface area contributed by atoms with Gasteiger partial charge in [-0.2, -0.15) is 0 Å². The molecule has 0 radical (unpaired) electrons. The molecule has 2 amide bonds. The fraction of sp³-hybridized carbons (Fsp3) is 0.357. The number of benzene rings is 2. The number of rotatable bonds is 11. The molecule has 4 rings (SSSR count). The standard InChI is InChI=1S/C28H31Cl2N3O4/c29-24-17-23(18-25(30)19-24)28(35)33(11-10-31-12-15-36-16-13-31)21-27(34)32(20-26-7-4-14-37-26)9-8-22-5-2-1-3-6-22/h1-7,14,17-19H,8-13,15-16,20-21H2. The van der Waals surface area contributed by atoms with E-state index in [9.17, 15) is 9.59 Å². The molecule has 1 fully saturated rings. The van der Waals surface area contributed by atoms with Crippen molar-refractivity contribution in [3.8, 4) is 0 Å². The Morgan fingerprint density at radius 3 is 2.30 bits per heavy atom. The van der Waals surface area contributed by atoms with E-state index >= 15 is 0 Å². The van der Waals surface area contributed by atoms with E-state index in [-0.39, 0.29) is 18.4 Å². The second kappa shape index (κ2) is 13.6. The lowest BCUT2D eigenvalue weighted by Crippen LogP contribution is -2.47. The third-order valence-electron chi connectivity index (χ3n) is 6.31. The molecule has 0 saturated carbocycles. The Hall–Kier alpha value is -2.84. The molecular formula is C28H31Cl2N3O4. The Balaban J connectivity index is 1.50. The average molecular weight is 544 g/mol. The molecular weight excluding hydrogens is 513 g/mol. The van der Waals surface area contributed by atoms with Crippen LogP contribution < -0.4 is 0 Å². The predicted molar refractivity (Wildman–Crippen MR) is 144 cm³/mol. The summed E-state index contributed by atoms with van der Waals surface area (Å²) in [4.78, 5) is 32.7. The summed E-state index contributed by atoms with van der Waals surface area (Å²) < 4.78 is 11.0. The van der Waals surface area contributed by atoms with Gasteiger partial charge in [0.25, 0.3) is 5.91 Å². The van der Waals surface area contributed by atoms with Gasteiger partial charge in [-0.25, -0.2) is 0 Å². The molecule has 37 heavy (non-hydrogen) atoms. The Bertz CT molecular complexity index is 1130. The molecule has 2 aromatic carbocycles. The summed E-state index contributed by atoms with van der Waals surface area (Å²) in [5.41, 5.74) is 1.49. The first-order valence-electron chi connectivity index (χ1n) is 12.4. The van der Waals surface area contributed by atoms with Crippen molar-refractivity contribution in [2.24, 2.45) is 0 Å². The minimum atomic E-state index is -0.285. The number of carbonyl (C=O) groups excluding carboxylic acids is 2. The van der Waals surface area contributed by atoms with Gasteiger partial charge in [0, 0.05) is 48.3 Å². The lowest BCUT2D eigenvalue weighted by molar-refractivity contribution is -0.132. The van der Waals surface area contributed by atoms with Gasteiger partial charge < -0.3 is 19.0 Å². The highest BCUT2D eigenvalue weighted by Gasteiger charge is 2.24. The van der Waals surface area contributed by atoms with Gasteiger partial charge in [0.15, 0.2) is 0 Å². The average Bonchev–Trinajstić information content (AvgIpc) is 3.42. The van der Waals surface area contributed by atoms with Crippen LogP contribution in [-0.2, 0) is 22.5 Å². The Kier molecular flexibility index (Phi) is 10.0. The van der Waals surface area contributed by atoms with E-state index < -0.39 is 0 Å². The molecule has 1 aliphatic rings. The lowest BCUT2D eigenvalue weighted by Gasteiger charge is -2.31. The number of nitrogens with zero attached hydrogens (tertiary/aromatic N) is 3. The summed E-state index contributed by atoms with van der Waals surface area (Å²) in [6, 6.07) is 18.4. The van der Waals surface area contributed by atoms with E-state index in [0.29, 0.717) is 67.2 Å². The summed E-state index contributed by atoms with van der Waals surface area (Å²) in [5, 5.41) is 0.746. The highest BCUT2D eigenvalue weighted by molar-refractivity contribution is 6.35. The van der Waals surface area contributed by atoms with Crippen LogP contribution in [0, 0.1) is 0 Å². The first-order valence-corrected chi connectivity index (χ1v) is 13.1. The molecule has 0 N–H and O–H groups in total. The highest BCUT2D eigenvalue weighted by atomic mass is 35.5. The number of furan rings is 1. The fourth-order valence-corrected chi connectivity index (χ4v) is 4.78. The fourth-order valence-electron chi connectivity index (χ4n) is 4.25. The van der Waals surface area contributed by atoms with Gasteiger partial charge in [0.05, 0.1) is 26.0 Å². The molecule has 9 heteroatoms. The molecule has 1 aromatic heterocycles. The van der Waals surface area contributed by atoms with E-state index in [1.165, 1.54) is 0 Å². The van der Waals surface area contributed by atoms with Crippen molar-refractivity contribution in [2.45, 2.75) is 13.0 Å². The van der Waals surface area contributed by atoms with Crippen molar-refractivity contribution in [2.75, 3.05) is 52.5 Å². The number of hydrogen-bond donors (Lipinski definition) is 0. The molecule has 0 unspecified atom stereocenters. The topological polar surface area (TPSA) is 66.2 Å². The zero-order chi connectivity index (χ0) is 26.0.